The fourth-order valence-electron chi connectivity index (χ4n) is 1.97. The van der Waals surface area contributed by atoms with Gasteiger partial charge in [-0.15, -0.1) is 0 Å². The number of aromatic nitrogens is 2. The molecule has 2 aromatic rings. The van der Waals surface area contributed by atoms with Crippen molar-refractivity contribution < 1.29 is 14.7 Å². The molecule has 23 heavy (non-hydrogen) atoms. The molecular weight excluding hydrogens is 318 g/mol. The predicted octanol–water partition coefficient (Wildman–Crippen LogP) is 1.19. The van der Waals surface area contributed by atoms with E-state index >= 15 is 0 Å². The van der Waals surface area contributed by atoms with Crippen LogP contribution in [0.25, 0.3) is 0 Å². The van der Waals surface area contributed by atoms with Crippen molar-refractivity contribution in [3.05, 3.63) is 63.8 Å². The molecule has 1 heterocycles. The molecule has 0 fully saturated rings. The average molecular weight is 333 g/mol. The van der Waals surface area contributed by atoms with Crippen LogP contribution in [0.2, 0.25) is 0 Å². The lowest BCUT2D eigenvalue weighted by Gasteiger charge is -2.14. The highest BCUT2D eigenvalue weighted by molar-refractivity contribution is 7.97. The highest BCUT2D eigenvalue weighted by Gasteiger charge is 2.23. The van der Waals surface area contributed by atoms with Gasteiger partial charge in [-0.2, -0.15) is 11.8 Å². The largest absolute Gasteiger partial charge is 0.479 e. The molecule has 120 valence electrons. The average Bonchev–Trinajstić information content (AvgIpc) is 2.52. The number of amides is 1. The Morgan fingerprint density at radius 2 is 2.04 bits per heavy atom. The molecule has 0 saturated heterocycles. The van der Waals surface area contributed by atoms with E-state index in [9.17, 15) is 19.5 Å². The Balaban J connectivity index is 2.26. The molecule has 0 saturated carbocycles. The van der Waals surface area contributed by atoms with Gasteiger partial charge in [0.05, 0.1) is 5.75 Å². The number of carbonyl (C=O) groups excluding carboxylic acids is 1. The van der Waals surface area contributed by atoms with E-state index in [0.29, 0.717) is 17.1 Å². The van der Waals surface area contributed by atoms with Gasteiger partial charge < -0.3 is 15.4 Å². The van der Waals surface area contributed by atoms with E-state index in [0.717, 1.165) is 6.07 Å². The first-order valence-electron chi connectivity index (χ1n) is 6.69. The van der Waals surface area contributed by atoms with E-state index < -0.39 is 23.5 Å². The lowest BCUT2D eigenvalue weighted by atomic mass is 10.1. The van der Waals surface area contributed by atoms with Gasteiger partial charge in [-0.3, -0.25) is 9.59 Å². The van der Waals surface area contributed by atoms with Crippen LogP contribution in [0.3, 0.4) is 0 Å². The Morgan fingerprint density at radius 3 is 2.65 bits per heavy atom. The quantitative estimate of drug-likeness (QED) is 0.732. The predicted molar refractivity (Wildman–Crippen MR) is 86.4 cm³/mol. The summed E-state index contributed by atoms with van der Waals surface area (Å²) in [6, 6.07) is 8.14. The van der Waals surface area contributed by atoms with Gasteiger partial charge in [0, 0.05) is 6.07 Å². The number of aliphatic carboxylic acids is 1. The number of carboxylic acid groups (broad SMARTS) is 1. The summed E-state index contributed by atoms with van der Waals surface area (Å²) in [5, 5.41) is 11.7. The lowest BCUT2D eigenvalue weighted by Crippen LogP contribution is -2.35. The third-order valence-corrected chi connectivity index (χ3v) is 3.52. The molecule has 1 aromatic heterocycles. The number of nitrogens with zero attached hydrogens (tertiary/aromatic N) is 1. The van der Waals surface area contributed by atoms with Crippen molar-refractivity contribution in [2.45, 2.75) is 11.8 Å². The summed E-state index contributed by atoms with van der Waals surface area (Å²) >= 11 is 1.44. The number of nitrogens with one attached hydrogen (secondary N) is 2. The Kier molecular flexibility index (Phi) is 5.53. The highest BCUT2D eigenvalue weighted by atomic mass is 32.2. The second-order valence-corrected chi connectivity index (χ2v) is 5.53. The maximum atomic E-state index is 12.2. The van der Waals surface area contributed by atoms with Gasteiger partial charge in [0.2, 0.25) is 0 Å². The molecule has 0 radical (unpaired) electrons. The smallest absolute Gasteiger partial charge is 0.330 e. The zero-order chi connectivity index (χ0) is 16.8. The maximum Gasteiger partial charge on any atom is 0.330 e. The third-order valence-electron chi connectivity index (χ3n) is 2.96. The van der Waals surface area contributed by atoms with Crippen molar-refractivity contribution in [1.82, 2.24) is 15.3 Å². The lowest BCUT2D eigenvalue weighted by molar-refractivity contribution is -0.139. The number of benzene rings is 1. The minimum atomic E-state index is -1.21. The van der Waals surface area contributed by atoms with E-state index in [2.05, 4.69) is 15.3 Å². The molecule has 1 amide bonds. The molecule has 0 aliphatic carbocycles. The van der Waals surface area contributed by atoms with Crippen molar-refractivity contribution in [2.75, 3.05) is 6.26 Å². The first kappa shape index (κ1) is 16.8. The zero-order valence-corrected chi connectivity index (χ0v) is 13.1. The third kappa shape index (κ3) is 4.43. The van der Waals surface area contributed by atoms with Crippen molar-refractivity contribution in [3.63, 3.8) is 0 Å². The molecule has 2 rings (SSSR count). The van der Waals surface area contributed by atoms with Crippen LogP contribution in [0.5, 0.6) is 0 Å². The van der Waals surface area contributed by atoms with Gasteiger partial charge in [0.15, 0.2) is 6.04 Å². The Bertz CT molecular complexity index is 761. The van der Waals surface area contributed by atoms with Crippen molar-refractivity contribution in [3.8, 4) is 0 Å². The minimum Gasteiger partial charge on any atom is -0.479 e. The van der Waals surface area contributed by atoms with Crippen LogP contribution in [0, 0.1) is 0 Å². The maximum absolute atomic E-state index is 12.2. The van der Waals surface area contributed by atoms with E-state index in [-0.39, 0.29) is 5.69 Å². The molecule has 7 nitrogen and oxygen atoms in total. The monoisotopic (exact) mass is 333 g/mol. The first-order chi connectivity index (χ1) is 11.0. The fraction of sp³-hybridized carbons (Fsp3) is 0.200. The second-order valence-electron chi connectivity index (χ2n) is 4.67. The van der Waals surface area contributed by atoms with Crippen LogP contribution in [0.4, 0.5) is 0 Å². The van der Waals surface area contributed by atoms with Crippen LogP contribution in [0.1, 0.15) is 27.9 Å². The molecule has 1 unspecified atom stereocenters. The van der Waals surface area contributed by atoms with Gasteiger partial charge >= 0.3 is 5.97 Å². The highest BCUT2D eigenvalue weighted by Crippen LogP contribution is 2.13. The number of carboxylic acids is 1. The van der Waals surface area contributed by atoms with Crippen molar-refractivity contribution in [2.24, 2.45) is 0 Å². The number of hydrogen-bond acceptors (Lipinski definition) is 5. The van der Waals surface area contributed by atoms with E-state index in [1.54, 1.807) is 30.3 Å². The summed E-state index contributed by atoms with van der Waals surface area (Å²) in [5.41, 5.74) is -0.136. The molecule has 3 N–H and O–H groups in total. The Morgan fingerprint density at radius 1 is 1.35 bits per heavy atom. The molecule has 0 bridgehead atoms. The van der Waals surface area contributed by atoms with Gasteiger partial charge in [-0.25, -0.2) is 9.78 Å². The van der Waals surface area contributed by atoms with Crippen LogP contribution in [-0.2, 0) is 10.5 Å². The van der Waals surface area contributed by atoms with Crippen LogP contribution < -0.4 is 10.9 Å². The number of H-pyrrole nitrogens is 1. The zero-order valence-electron chi connectivity index (χ0n) is 12.3. The van der Waals surface area contributed by atoms with E-state index in [4.69, 9.17) is 0 Å². The minimum absolute atomic E-state index is 0.111. The normalized spacial score (nSPS) is 11.7. The number of carbonyl (C=O) groups is 2. The number of hydrogen-bond donors (Lipinski definition) is 3. The standard InChI is InChI=1S/C15H15N3O4S/c1-23-8-11-16-10(7-12(19)17-11)14(20)18-13(15(21)22)9-5-3-2-4-6-9/h2-7,13H,8H2,1H3,(H,18,20)(H,21,22)(H,16,17,19). The van der Waals surface area contributed by atoms with E-state index in [1.807, 2.05) is 6.26 Å². The van der Waals surface area contributed by atoms with Crippen molar-refractivity contribution in [1.29, 1.82) is 0 Å². The molecule has 8 heteroatoms. The molecule has 0 spiro atoms. The number of thioether (sulfide) groups is 1. The molecule has 0 aliphatic heterocycles. The van der Waals surface area contributed by atoms with Gasteiger partial charge in [0.1, 0.15) is 11.5 Å². The second kappa shape index (κ2) is 7.59. The summed E-state index contributed by atoms with van der Waals surface area (Å²) in [4.78, 5) is 41.8. The Hall–Kier alpha value is -2.61. The van der Waals surface area contributed by atoms with Crippen LogP contribution in [0.15, 0.2) is 41.2 Å². The summed E-state index contributed by atoms with van der Waals surface area (Å²) < 4.78 is 0. The molecule has 1 atom stereocenters. The van der Waals surface area contributed by atoms with Crippen LogP contribution in [-0.4, -0.2) is 33.2 Å². The summed E-state index contributed by atoms with van der Waals surface area (Å²) in [6.45, 7) is 0. The number of rotatable bonds is 6. The molecular formula is C15H15N3O4S. The Labute approximate surface area is 136 Å². The van der Waals surface area contributed by atoms with Crippen molar-refractivity contribution >= 4 is 23.6 Å². The number of aromatic amines is 1. The fourth-order valence-corrected chi connectivity index (χ4v) is 2.38. The molecule has 1 aromatic carbocycles. The van der Waals surface area contributed by atoms with Gasteiger partial charge in [-0.1, -0.05) is 30.3 Å². The van der Waals surface area contributed by atoms with Gasteiger partial charge in [-0.05, 0) is 11.8 Å². The SMILES string of the molecule is CSCc1nc(C(=O)NC(C(=O)O)c2ccccc2)cc(=O)[nH]1. The van der Waals surface area contributed by atoms with E-state index in [1.165, 1.54) is 11.8 Å². The molecule has 0 aliphatic rings. The first-order valence-corrected chi connectivity index (χ1v) is 8.08. The van der Waals surface area contributed by atoms with Gasteiger partial charge in [0.25, 0.3) is 11.5 Å². The topological polar surface area (TPSA) is 112 Å². The summed E-state index contributed by atoms with van der Waals surface area (Å²) in [7, 11) is 0. The summed E-state index contributed by atoms with van der Waals surface area (Å²) in [6.07, 6.45) is 1.84. The summed E-state index contributed by atoms with van der Waals surface area (Å²) in [5.74, 6) is -1.10. The van der Waals surface area contributed by atoms with Crippen LogP contribution >= 0.6 is 11.8 Å².